The molecule has 1 N–H and O–H groups in total. The molecule has 3 fully saturated rings. The van der Waals surface area contributed by atoms with Crippen LogP contribution in [0.2, 0.25) is 0 Å². The number of phenols is 1. The average molecular weight is 359 g/mol. The van der Waals surface area contributed by atoms with E-state index in [1.54, 1.807) is 49.0 Å². The number of phenolic OH excluding ortho intramolecular Hbond substituents is 1. The van der Waals surface area contributed by atoms with Crippen molar-refractivity contribution < 1.29 is 19.5 Å². The summed E-state index contributed by atoms with van der Waals surface area (Å²) < 4.78 is 0. The van der Waals surface area contributed by atoms with E-state index in [1.165, 1.54) is 4.90 Å². The van der Waals surface area contributed by atoms with Crippen LogP contribution in [0.15, 0.2) is 18.2 Å². The predicted molar refractivity (Wildman–Crippen MR) is 95.7 cm³/mol. The van der Waals surface area contributed by atoms with Gasteiger partial charge in [-0.2, -0.15) is 0 Å². The van der Waals surface area contributed by atoms with Crippen molar-refractivity contribution in [3.8, 4) is 5.75 Å². The van der Waals surface area contributed by atoms with E-state index in [4.69, 9.17) is 0 Å². The molecule has 1 aromatic carbocycles. The van der Waals surface area contributed by atoms with Gasteiger partial charge in [-0.3, -0.25) is 14.4 Å². The third-order valence-electron chi connectivity index (χ3n) is 5.42. The van der Waals surface area contributed by atoms with Crippen LogP contribution in [-0.2, 0) is 9.59 Å². The van der Waals surface area contributed by atoms with Gasteiger partial charge in [-0.15, -0.1) is 0 Å². The van der Waals surface area contributed by atoms with Gasteiger partial charge in [-0.05, 0) is 31.9 Å². The maximum absolute atomic E-state index is 13.0. The Morgan fingerprint density at radius 1 is 1.23 bits per heavy atom. The topological polar surface area (TPSA) is 81.2 Å². The number of carbonyl (C=O) groups excluding carboxylic acids is 3. The maximum Gasteiger partial charge on any atom is 0.254 e. The van der Waals surface area contributed by atoms with Crippen molar-refractivity contribution >= 4 is 17.7 Å². The van der Waals surface area contributed by atoms with Gasteiger partial charge in [0.05, 0.1) is 5.92 Å². The lowest BCUT2D eigenvalue weighted by molar-refractivity contribution is -0.145. The fourth-order valence-corrected chi connectivity index (χ4v) is 3.73. The van der Waals surface area contributed by atoms with E-state index in [0.29, 0.717) is 24.2 Å². The molecular formula is C19H25N3O4. The molecule has 7 heteroatoms. The molecule has 7 nitrogen and oxygen atoms in total. The monoisotopic (exact) mass is 359 g/mol. The van der Waals surface area contributed by atoms with Crippen LogP contribution >= 0.6 is 0 Å². The first-order valence-corrected chi connectivity index (χ1v) is 8.88. The third kappa shape index (κ3) is 3.25. The van der Waals surface area contributed by atoms with Crippen LogP contribution in [0, 0.1) is 12.8 Å². The summed E-state index contributed by atoms with van der Waals surface area (Å²) in [6, 6.07) is 4.75. The van der Waals surface area contributed by atoms with E-state index < -0.39 is 0 Å². The molecule has 0 unspecified atom stereocenters. The molecular weight excluding hydrogens is 334 g/mol. The molecule has 140 valence electrons. The highest BCUT2D eigenvalue weighted by Gasteiger charge is 2.42. The van der Waals surface area contributed by atoms with Crippen molar-refractivity contribution in [2.45, 2.75) is 25.8 Å². The van der Waals surface area contributed by atoms with Crippen LogP contribution < -0.4 is 0 Å². The van der Waals surface area contributed by atoms with Gasteiger partial charge < -0.3 is 19.8 Å². The fraction of sp³-hybridized carbons (Fsp3) is 0.526. The Balaban J connectivity index is 1.83. The second-order valence-corrected chi connectivity index (χ2v) is 7.34. The summed E-state index contributed by atoms with van der Waals surface area (Å²) in [5.74, 6) is -0.524. The molecule has 3 amide bonds. The molecule has 0 saturated carbocycles. The Morgan fingerprint density at radius 2 is 1.96 bits per heavy atom. The smallest absolute Gasteiger partial charge is 0.254 e. The minimum Gasteiger partial charge on any atom is -0.508 e. The summed E-state index contributed by atoms with van der Waals surface area (Å²) in [6.07, 6.45) is 1.53. The zero-order valence-corrected chi connectivity index (χ0v) is 15.4. The Kier molecular flexibility index (Phi) is 4.89. The summed E-state index contributed by atoms with van der Waals surface area (Å²) in [4.78, 5) is 42.7. The van der Waals surface area contributed by atoms with Crippen molar-refractivity contribution in [1.29, 1.82) is 0 Å². The first-order chi connectivity index (χ1) is 12.3. The third-order valence-corrected chi connectivity index (χ3v) is 5.42. The van der Waals surface area contributed by atoms with Gasteiger partial charge in [0.15, 0.2) is 0 Å². The lowest BCUT2D eigenvalue weighted by atomic mass is 9.94. The number of rotatable bonds is 3. The van der Waals surface area contributed by atoms with Gasteiger partial charge in [0.2, 0.25) is 11.8 Å². The van der Waals surface area contributed by atoms with Crippen LogP contribution in [0.3, 0.4) is 0 Å². The average Bonchev–Trinajstić information content (AvgIpc) is 2.89. The van der Waals surface area contributed by atoms with Gasteiger partial charge >= 0.3 is 0 Å². The van der Waals surface area contributed by atoms with Crippen LogP contribution in [0.5, 0.6) is 5.75 Å². The standard InChI is InChI=1S/C19H25N3O4/c1-12-15(5-4-6-16(12)23)19(26)21-9-13-7-8-14(10-21)22(18(13)25)11-17(24)20(2)3/h4-6,13-14,23H,7-11H2,1-3H3/t13-,14+/m1/s1. The van der Waals surface area contributed by atoms with Crippen LogP contribution in [-0.4, -0.2) is 77.3 Å². The van der Waals surface area contributed by atoms with Crippen LogP contribution in [0.25, 0.3) is 0 Å². The van der Waals surface area contributed by atoms with Crippen molar-refractivity contribution in [2.24, 2.45) is 5.92 Å². The Bertz CT molecular complexity index is 746. The number of carbonyl (C=O) groups is 3. The van der Waals surface area contributed by atoms with E-state index in [2.05, 4.69) is 0 Å². The van der Waals surface area contributed by atoms with Crippen molar-refractivity contribution in [1.82, 2.24) is 14.7 Å². The Morgan fingerprint density at radius 3 is 2.65 bits per heavy atom. The van der Waals surface area contributed by atoms with Crippen molar-refractivity contribution in [3.63, 3.8) is 0 Å². The second kappa shape index (κ2) is 6.97. The number of likely N-dealkylation sites (N-methyl/N-ethyl adjacent to an activating group) is 1. The van der Waals surface area contributed by atoms with Crippen molar-refractivity contribution in [3.05, 3.63) is 29.3 Å². The van der Waals surface area contributed by atoms with E-state index in [0.717, 1.165) is 12.8 Å². The number of amides is 3. The number of nitrogens with zero attached hydrogens (tertiary/aromatic N) is 3. The molecule has 3 heterocycles. The SMILES string of the molecule is Cc1c(O)cccc1C(=O)N1C[C@H]2CC[C@@H](C1)N(CC(=O)N(C)C)C2=O. The zero-order chi connectivity index (χ0) is 19.0. The minimum atomic E-state index is -0.273. The molecule has 0 aliphatic carbocycles. The normalized spacial score (nSPS) is 22.3. The van der Waals surface area contributed by atoms with E-state index in [9.17, 15) is 19.5 Å². The molecule has 3 aliphatic heterocycles. The summed E-state index contributed by atoms with van der Waals surface area (Å²) in [7, 11) is 3.34. The molecule has 2 atom stereocenters. The molecule has 4 rings (SSSR count). The quantitative estimate of drug-likeness (QED) is 0.868. The largest absolute Gasteiger partial charge is 0.508 e. The van der Waals surface area contributed by atoms with E-state index in [-0.39, 0.29) is 42.0 Å². The Labute approximate surface area is 153 Å². The van der Waals surface area contributed by atoms with Gasteiger partial charge in [-0.1, -0.05) is 6.07 Å². The molecule has 3 saturated heterocycles. The van der Waals surface area contributed by atoms with Crippen LogP contribution in [0.4, 0.5) is 0 Å². The van der Waals surface area contributed by atoms with Gasteiger partial charge in [0.1, 0.15) is 12.3 Å². The summed E-state index contributed by atoms with van der Waals surface area (Å²) in [5.41, 5.74) is 0.995. The highest BCUT2D eigenvalue weighted by Crippen LogP contribution is 2.31. The first kappa shape index (κ1) is 18.2. The summed E-state index contributed by atoms with van der Waals surface area (Å²) in [6.45, 7) is 2.54. The fourth-order valence-electron chi connectivity index (χ4n) is 3.73. The van der Waals surface area contributed by atoms with Crippen LogP contribution in [0.1, 0.15) is 28.8 Å². The number of aromatic hydroxyl groups is 1. The second-order valence-electron chi connectivity index (χ2n) is 7.34. The lowest BCUT2D eigenvalue weighted by Crippen LogP contribution is -2.51. The molecule has 3 aliphatic rings. The maximum atomic E-state index is 13.0. The number of hydrogen-bond donors (Lipinski definition) is 1. The number of hydrogen-bond acceptors (Lipinski definition) is 4. The highest BCUT2D eigenvalue weighted by molar-refractivity contribution is 5.97. The van der Waals surface area contributed by atoms with E-state index in [1.807, 2.05) is 0 Å². The highest BCUT2D eigenvalue weighted by atomic mass is 16.3. The zero-order valence-electron chi connectivity index (χ0n) is 15.4. The molecule has 1 aromatic rings. The van der Waals surface area contributed by atoms with Gasteiger partial charge in [-0.25, -0.2) is 0 Å². The number of fused-ring (bicyclic) bond motifs is 4. The van der Waals surface area contributed by atoms with Crippen molar-refractivity contribution in [2.75, 3.05) is 33.7 Å². The predicted octanol–water partition coefficient (Wildman–Crippen LogP) is 0.852. The summed E-state index contributed by atoms with van der Waals surface area (Å²) in [5, 5.41) is 9.88. The molecule has 0 radical (unpaired) electrons. The van der Waals surface area contributed by atoms with Gasteiger partial charge in [0.25, 0.3) is 5.91 Å². The molecule has 26 heavy (non-hydrogen) atoms. The van der Waals surface area contributed by atoms with Gasteiger partial charge in [0, 0.05) is 44.4 Å². The lowest BCUT2D eigenvalue weighted by Gasteiger charge is -2.35. The van der Waals surface area contributed by atoms with E-state index >= 15 is 0 Å². The Hall–Kier alpha value is -2.57. The summed E-state index contributed by atoms with van der Waals surface area (Å²) >= 11 is 0. The number of piperidine rings is 1. The molecule has 0 spiro atoms. The number of benzene rings is 1. The molecule has 0 aromatic heterocycles. The first-order valence-electron chi connectivity index (χ1n) is 8.88. The minimum absolute atomic E-state index is 0.0422. The molecule has 2 bridgehead atoms.